The van der Waals surface area contributed by atoms with E-state index in [9.17, 15) is 13.2 Å². The molecule has 0 saturated heterocycles. The van der Waals surface area contributed by atoms with Crippen LogP contribution in [0.2, 0.25) is 0 Å². The summed E-state index contributed by atoms with van der Waals surface area (Å²) < 4.78 is 29.8. The Morgan fingerprint density at radius 2 is 1.85 bits per heavy atom. The first-order chi connectivity index (χ1) is 5.55. The second-order valence-electron chi connectivity index (χ2n) is 2.13. The fourth-order valence-electron chi connectivity index (χ4n) is 0.813. The fraction of sp³-hybridized carbons (Fsp3) is 0. The predicted octanol–water partition coefficient (Wildman–Crippen LogP) is -2.14. The molecule has 0 atom stereocenters. The van der Waals surface area contributed by atoms with Crippen LogP contribution < -0.4 is 51.4 Å². The molecule has 0 aliphatic carbocycles. The van der Waals surface area contributed by atoms with Gasteiger partial charge in [0, 0.05) is 5.56 Å². The molecule has 0 saturated carbocycles. The average Bonchev–Trinajstić information content (AvgIpc) is 2.03. The minimum Gasteiger partial charge on any atom is -1.00 e. The maximum atomic E-state index is 10.6. The summed E-state index contributed by atoms with van der Waals surface area (Å²) in [6.45, 7) is 0. The quantitative estimate of drug-likeness (QED) is 0.355. The first kappa shape index (κ1) is 13.4. The molecule has 0 aliphatic heterocycles. The Morgan fingerprint density at radius 1 is 1.31 bits per heavy atom. The third-order valence-electron chi connectivity index (χ3n) is 1.32. The van der Waals surface area contributed by atoms with E-state index in [1.165, 1.54) is 24.3 Å². The number of hydrogen-bond donors (Lipinski definition) is 1. The Balaban J connectivity index is 0. The van der Waals surface area contributed by atoms with Crippen molar-refractivity contribution in [2.24, 2.45) is 0 Å². The van der Waals surface area contributed by atoms with Crippen LogP contribution in [0.5, 0.6) is 0 Å². The molecule has 66 valence electrons. The predicted molar refractivity (Wildman–Crippen MR) is 42.8 cm³/mol. The second-order valence-corrected chi connectivity index (χ2v) is 3.52. The van der Waals surface area contributed by atoms with Gasteiger partial charge in [0.1, 0.15) is 4.90 Å². The van der Waals surface area contributed by atoms with Crippen LogP contribution in [0, 0.1) is 0 Å². The normalized spacial score (nSPS) is 10.2. The molecule has 4 nitrogen and oxygen atoms in total. The molecule has 0 unspecified atom stereocenters. The molecule has 1 aromatic rings. The van der Waals surface area contributed by atoms with Crippen molar-refractivity contribution in [1.29, 1.82) is 0 Å². The molecule has 6 heteroatoms. The van der Waals surface area contributed by atoms with Gasteiger partial charge in [-0.05, 0) is 6.07 Å². The molecule has 0 amide bonds. The van der Waals surface area contributed by atoms with Crippen molar-refractivity contribution in [1.82, 2.24) is 0 Å². The molecule has 1 rings (SSSR count). The van der Waals surface area contributed by atoms with Crippen molar-refractivity contribution >= 4 is 16.4 Å². The van der Waals surface area contributed by atoms with Gasteiger partial charge in [0.05, 0.1) is 0 Å². The van der Waals surface area contributed by atoms with Gasteiger partial charge in [-0.1, -0.05) is 18.2 Å². The molecule has 0 aromatic heterocycles. The number of benzene rings is 1. The molecule has 0 aliphatic rings. The Morgan fingerprint density at radius 3 is 2.23 bits per heavy atom. The van der Waals surface area contributed by atoms with Crippen LogP contribution in [0.4, 0.5) is 0 Å². The van der Waals surface area contributed by atoms with E-state index in [2.05, 4.69) is 0 Å². The van der Waals surface area contributed by atoms with E-state index in [4.69, 9.17) is 4.55 Å². The average molecular weight is 226 g/mol. The minimum atomic E-state index is -4.28. The molecule has 0 spiro atoms. The van der Waals surface area contributed by atoms with Gasteiger partial charge in [-0.2, -0.15) is 8.42 Å². The van der Waals surface area contributed by atoms with E-state index in [1.54, 1.807) is 0 Å². The third-order valence-corrected chi connectivity index (χ3v) is 2.25. The van der Waals surface area contributed by atoms with Crippen molar-refractivity contribution in [2.45, 2.75) is 4.90 Å². The van der Waals surface area contributed by atoms with Crippen LogP contribution >= 0.6 is 0 Å². The zero-order valence-electron chi connectivity index (χ0n) is 7.97. The summed E-state index contributed by atoms with van der Waals surface area (Å²) in [7, 11) is -4.28. The number of carbonyl (C=O) groups is 1. The van der Waals surface area contributed by atoms with Crippen LogP contribution in [0.25, 0.3) is 0 Å². The summed E-state index contributed by atoms with van der Waals surface area (Å²) in [5.41, 5.74) is -0.0417. The monoisotopic (exact) mass is 226 g/mol. The third kappa shape index (κ3) is 3.59. The summed E-state index contributed by atoms with van der Waals surface area (Å²) in [4.78, 5) is 9.94. The molecule has 0 bridgehead atoms. The van der Waals surface area contributed by atoms with E-state index < -0.39 is 10.1 Å². The Labute approximate surface area is 120 Å². The first-order valence-electron chi connectivity index (χ1n) is 3.07. The zero-order chi connectivity index (χ0) is 9.19. The Kier molecular flexibility index (Phi) is 5.53. The van der Waals surface area contributed by atoms with Crippen LogP contribution in [0.1, 0.15) is 11.8 Å². The zero-order valence-corrected chi connectivity index (χ0v) is 10.9. The van der Waals surface area contributed by atoms with Gasteiger partial charge in [-0.3, -0.25) is 9.35 Å². The standard InChI is InChI=1S/C7H6O4S.K.H/c8-5-6-3-1-2-4-7(6)12(9,10)11;;/h1-5H,(H,9,10,11);;/q;+1;-1. The van der Waals surface area contributed by atoms with Gasteiger partial charge in [0.25, 0.3) is 10.1 Å². The van der Waals surface area contributed by atoms with Crippen molar-refractivity contribution in [3.63, 3.8) is 0 Å². The number of aldehydes is 1. The molecule has 0 fully saturated rings. The maximum Gasteiger partial charge on any atom is 1.00 e. The number of carbonyl (C=O) groups excluding carboxylic acids is 1. The van der Waals surface area contributed by atoms with E-state index in [1.807, 2.05) is 0 Å². The van der Waals surface area contributed by atoms with Crippen molar-refractivity contribution < 1.29 is 70.6 Å². The van der Waals surface area contributed by atoms with Crippen LogP contribution in [0.15, 0.2) is 29.2 Å². The van der Waals surface area contributed by atoms with Gasteiger partial charge >= 0.3 is 51.4 Å². The fourth-order valence-corrected chi connectivity index (χ4v) is 1.48. The van der Waals surface area contributed by atoms with E-state index in [0.29, 0.717) is 6.29 Å². The van der Waals surface area contributed by atoms with Gasteiger partial charge in [-0.15, -0.1) is 0 Å². The molecule has 0 radical (unpaired) electrons. The van der Waals surface area contributed by atoms with Crippen molar-refractivity contribution in [3.05, 3.63) is 29.8 Å². The number of hydrogen-bond acceptors (Lipinski definition) is 3. The van der Waals surface area contributed by atoms with Crippen molar-refractivity contribution in [3.8, 4) is 0 Å². The topological polar surface area (TPSA) is 71.4 Å². The molecule has 13 heavy (non-hydrogen) atoms. The van der Waals surface area contributed by atoms with Crippen LogP contribution in [0.3, 0.4) is 0 Å². The SMILES string of the molecule is O=Cc1ccccc1S(=O)(=O)O.[H-].[K+]. The largest absolute Gasteiger partial charge is 1.00 e. The molecule has 1 aromatic carbocycles. The summed E-state index contributed by atoms with van der Waals surface area (Å²) in [5.74, 6) is 0. The van der Waals surface area contributed by atoms with Gasteiger partial charge < -0.3 is 1.43 Å². The molecule has 0 heterocycles. The Hall–Kier alpha value is 0.436. The van der Waals surface area contributed by atoms with E-state index in [0.717, 1.165) is 0 Å². The molecular weight excluding hydrogens is 219 g/mol. The summed E-state index contributed by atoms with van der Waals surface area (Å²) in [5, 5.41) is 0. The summed E-state index contributed by atoms with van der Waals surface area (Å²) in [6.07, 6.45) is 0.378. The molecule has 1 N–H and O–H groups in total. The molecular formula is C7H7KO4S. The Bertz CT molecular complexity index is 404. The van der Waals surface area contributed by atoms with E-state index >= 15 is 0 Å². The maximum absolute atomic E-state index is 10.6. The van der Waals surface area contributed by atoms with E-state index in [-0.39, 0.29) is 63.3 Å². The first-order valence-corrected chi connectivity index (χ1v) is 4.51. The van der Waals surface area contributed by atoms with Gasteiger partial charge in [0.15, 0.2) is 6.29 Å². The number of rotatable bonds is 2. The van der Waals surface area contributed by atoms with Crippen LogP contribution in [-0.2, 0) is 10.1 Å². The van der Waals surface area contributed by atoms with Gasteiger partial charge in [-0.25, -0.2) is 0 Å². The van der Waals surface area contributed by atoms with Gasteiger partial charge in [0.2, 0.25) is 0 Å². The summed E-state index contributed by atoms with van der Waals surface area (Å²) >= 11 is 0. The summed E-state index contributed by atoms with van der Waals surface area (Å²) in [6, 6.07) is 5.42. The second kappa shape index (κ2) is 5.35. The smallest absolute Gasteiger partial charge is 1.00 e. The minimum absolute atomic E-state index is 0. The van der Waals surface area contributed by atoms with Crippen LogP contribution in [-0.4, -0.2) is 19.3 Å². The van der Waals surface area contributed by atoms with Crippen molar-refractivity contribution in [2.75, 3.05) is 0 Å².